The zero-order valence-electron chi connectivity index (χ0n) is 10.8. The van der Waals surface area contributed by atoms with Crippen molar-refractivity contribution in [2.24, 2.45) is 11.8 Å². The molecule has 2 nitrogen and oxygen atoms in total. The minimum absolute atomic E-state index is 0.237. The molecule has 2 rings (SSSR count). The van der Waals surface area contributed by atoms with Crippen LogP contribution in [0.3, 0.4) is 0 Å². The predicted molar refractivity (Wildman–Crippen MR) is 69.0 cm³/mol. The number of carbonyl (C=O) groups is 1. The van der Waals surface area contributed by atoms with Gasteiger partial charge in [-0.05, 0) is 50.2 Å². The van der Waals surface area contributed by atoms with Crippen LogP contribution in [0.2, 0.25) is 0 Å². The highest BCUT2D eigenvalue weighted by Gasteiger charge is 2.26. The van der Waals surface area contributed by atoms with Gasteiger partial charge in [0.25, 0.3) is 0 Å². The molecule has 1 fully saturated rings. The van der Waals surface area contributed by atoms with Gasteiger partial charge in [0.1, 0.15) is 0 Å². The van der Waals surface area contributed by atoms with E-state index >= 15 is 0 Å². The van der Waals surface area contributed by atoms with Crippen molar-refractivity contribution < 1.29 is 4.79 Å². The number of pyridine rings is 1. The average molecular weight is 231 g/mol. The van der Waals surface area contributed by atoms with E-state index in [0.29, 0.717) is 5.78 Å². The van der Waals surface area contributed by atoms with Crippen LogP contribution in [0.4, 0.5) is 0 Å². The summed E-state index contributed by atoms with van der Waals surface area (Å²) in [6.45, 7) is 4.23. The van der Waals surface area contributed by atoms with Crippen molar-refractivity contribution >= 4 is 5.78 Å². The summed E-state index contributed by atoms with van der Waals surface area (Å²) in [5.41, 5.74) is 1.86. The van der Waals surface area contributed by atoms with Crippen LogP contribution in [0.5, 0.6) is 0 Å². The van der Waals surface area contributed by atoms with Gasteiger partial charge in [-0.2, -0.15) is 0 Å². The lowest BCUT2D eigenvalue weighted by Crippen LogP contribution is -2.22. The number of aryl methyl sites for hydroxylation is 1. The molecule has 1 aromatic rings. The molecule has 0 bridgehead atoms. The molecule has 1 saturated carbocycles. The number of hydrogen-bond donors (Lipinski definition) is 0. The van der Waals surface area contributed by atoms with Gasteiger partial charge in [-0.1, -0.05) is 13.3 Å². The van der Waals surface area contributed by atoms with Crippen LogP contribution in [0.25, 0.3) is 0 Å². The van der Waals surface area contributed by atoms with Gasteiger partial charge in [0.15, 0.2) is 5.78 Å². The Morgan fingerprint density at radius 3 is 2.59 bits per heavy atom. The van der Waals surface area contributed by atoms with E-state index in [0.717, 1.165) is 29.9 Å². The summed E-state index contributed by atoms with van der Waals surface area (Å²) in [5.74, 6) is 1.38. The van der Waals surface area contributed by atoms with E-state index in [4.69, 9.17) is 0 Å². The molecule has 17 heavy (non-hydrogen) atoms. The Morgan fingerprint density at radius 1 is 1.29 bits per heavy atom. The van der Waals surface area contributed by atoms with E-state index < -0.39 is 0 Å². The topological polar surface area (TPSA) is 30.0 Å². The fraction of sp³-hybridized carbons (Fsp3) is 0.600. The van der Waals surface area contributed by atoms with Crippen molar-refractivity contribution in [2.75, 3.05) is 0 Å². The lowest BCUT2D eigenvalue weighted by Gasteiger charge is -2.26. The van der Waals surface area contributed by atoms with Gasteiger partial charge in [0.05, 0.1) is 0 Å². The maximum Gasteiger partial charge on any atom is 0.167 e. The molecule has 0 spiro atoms. The Bertz CT molecular complexity index is 392. The molecular weight excluding hydrogens is 210 g/mol. The summed E-state index contributed by atoms with van der Waals surface area (Å²) in [6, 6.07) is 1.96. The van der Waals surface area contributed by atoms with Gasteiger partial charge in [-0.3, -0.25) is 9.78 Å². The third-order valence-electron chi connectivity index (χ3n) is 3.95. The molecule has 0 atom stereocenters. The maximum absolute atomic E-state index is 12.3. The lowest BCUT2D eigenvalue weighted by molar-refractivity contribution is 0.0870. The minimum atomic E-state index is 0.237. The van der Waals surface area contributed by atoms with Crippen molar-refractivity contribution in [3.63, 3.8) is 0 Å². The highest BCUT2D eigenvalue weighted by molar-refractivity contribution is 5.97. The van der Waals surface area contributed by atoms with Crippen LogP contribution in [-0.4, -0.2) is 10.8 Å². The second-order valence-electron chi connectivity index (χ2n) is 5.24. The molecule has 0 radical (unpaired) electrons. The van der Waals surface area contributed by atoms with Gasteiger partial charge < -0.3 is 0 Å². The summed E-state index contributed by atoms with van der Waals surface area (Å²) in [5, 5.41) is 0. The fourth-order valence-corrected chi connectivity index (χ4v) is 2.76. The van der Waals surface area contributed by atoms with Crippen molar-refractivity contribution in [3.8, 4) is 0 Å². The SMILES string of the molecule is CCC1CCC(C(=O)c2cncc(C)c2)CC1. The number of nitrogens with zero attached hydrogens (tertiary/aromatic N) is 1. The first-order valence-electron chi connectivity index (χ1n) is 6.66. The molecule has 1 aliphatic carbocycles. The van der Waals surface area contributed by atoms with Crippen molar-refractivity contribution in [3.05, 3.63) is 29.6 Å². The molecule has 1 aromatic heterocycles. The van der Waals surface area contributed by atoms with Gasteiger partial charge in [-0.15, -0.1) is 0 Å². The quantitative estimate of drug-likeness (QED) is 0.741. The van der Waals surface area contributed by atoms with Crippen LogP contribution in [0.1, 0.15) is 54.9 Å². The molecule has 2 heteroatoms. The summed E-state index contributed by atoms with van der Waals surface area (Å²) in [7, 11) is 0. The Labute approximate surface area is 103 Å². The summed E-state index contributed by atoms with van der Waals surface area (Å²) >= 11 is 0. The second kappa shape index (κ2) is 5.44. The van der Waals surface area contributed by atoms with Gasteiger partial charge >= 0.3 is 0 Å². The third kappa shape index (κ3) is 2.93. The van der Waals surface area contributed by atoms with Crippen LogP contribution in [0, 0.1) is 18.8 Å². The monoisotopic (exact) mass is 231 g/mol. The highest BCUT2D eigenvalue weighted by Crippen LogP contribution is 2.32. The zero-order chi connectivity index (χ0) is 12.3. The van der Waals surface area contributed by atoms with E-state index in [9.17, 15) is 4.79 Å². The Kier molecular flexibility index (Phi) is 3.93. The first-order valence-corrected chi connectivity index (χ1v) is 6.66. The Morgan fingerprint density at radius 2 is 2.00 bits per heavy atom. The van der Waals surface area contributed by atoms with Gasteiger partial charge in [0, 0.05) is 23.9 Å². The number of carbonyl (C=O) groups excluding carboxylic acids is 1. The first kappa shape index (κ1) is 12.3. The number of hydrogen-bond acceptors (Lipinski definition) is 2. The largest absolute Gasteiger partial charge is 0.294 e. The summed E-state index contributed by atoms with van der Waals surface area (Å²) in [4.78, 5) is 16.4. The van der Waals surface area contributed by atoms with E-state index in [2.05, 4.69) is 11.9 Å². The van der Waals surface area contributed by atoms with Crippen LogP contribution in [-0.2, 0) is 0 Å². The van der Waals surface area contributed by atoms with E-state index in [1.807, 2.05) is 13.0 Å². The Hall–Kier alpha value is -1.18. The number of Topliss-reactive ketones (excluding diaryl/α,β-unsaturated/α-hetero) is 1. The first-order chi connectivity index (χ1) is 8.20. The molecular formula is C15H21NO. The van der Waals surface area contributed by atoms with Crippen molar-refractivity contribution in [1.82, 2.24) is 4.98 Å². The molecule has 0 amide bonds. The van der Waals surface area contributed by atoms with Crippen LogP contribution < -0.4 is 0 Å². The Balaban J connectivity index is 2.02. The maximum atomic E-state index is 12.3. The van der Waals surface area contributed by atoms with E-state index in [1.165, 1.54) is 19.3 Å². The van der Waals surface area contributed by atoms with Crippen molar-refractivity contribution in [2.45, 2.75) is 46.0 Å². The molecule has 0 saturated heterocycles. The highest BCUT2D eigenvalue weighted by atomic mass is 16.1. The molecule has 0 unspecified atom stereocenters. The molecule has 0 aromatic carbocycles. The van der Waals surface area contributed by atoms with Gasteiger partial charge in [0.2, 0.25) is 0 Å². The summed E-state index contributed by atoms with van der Waals surface area (Å²) in [6.07, 6.45) is 9.31. The molecule has 0 aliphatic heterocycles. The number of aromatic nitrogens is 1. The molecule has 1 heterocycles. The minimum Gasteiger partial charge on any atom is -0.294 e. The van der Waals surface area contributed by atoms with Gasteiger partial charge in [-0.25, -0.2) is 0 Å². The van der Waals surface area contributed by atoms with Crippen LogP contribution >= 0.6 is 0 Å². The standard InChI is InChI=1S/C15H21NO/c1-3-12-4-6-13(7-5-12)15(17)14-8-11(2)9-16-10-14/h8-10,12-13H,3-7H2,1-2H3. The normalized spacial score (nSPS) is 24.6. The molecule has 0 N–H and O–H groups in total. The molecule has 92 valence electrons. The smallest absolute Gasteiger partial charge is 0.167 e. The molecule has 1 aliphatic rings. The predicted octanol–water partition coefficient (Wildman–Crippen LogP) is 3.79. The summed E-state index contributed by atoms with van der Waals surface area (Å²) < 4.78 is 0. The average Bonchev–Trinajstić information content (AvgIpc) is 2.38. The fourth-order valence-electron chi connectivity index (χ4n) is 2.76. The third-order valence-corrected chi connectivity index (χ3v) is 3.95. The van der Waals surface area contributed by atoms with E-state index in [-0.39, 0.29) is 5.92 Å². The van der Waals surface area contributed by atoms with E-state index in [1.54, 1.807) is 12.4 Å². The lowest BCUT2D eigenvalue weighted by atomic mass is 9.78. The number of ketones is 1. The van der Waals surface area contributed by atoms with Crippen molar-refractivity contribution in [1.29, 1.82) is 0 Å². The zero-order valence-corrected chi connectivity index (χ0v) is 10.8. The van der Waals surface area contributed by atoms with Crippen LogP contribution in [0.15, 0.2) is 18.5 Å². The number of rotatable bonds is 3. The second-order valence-corrected chi connectivity index (χ2v) is 5.24.